The maximum Gasteiger partial charge on any atom is 0.0572 e. The Kier molecular flexibility index (Phi) is 5.13. The third kappa shape index (κ3) is 3.81. The molecule has 106 valence electrons. The number of anilines is 1. The molecule has 0 fully saturated rings. The van der Waals surface area contributed by atoms with Crippen LogP contribution < -0.4 is 10.6 Å². The van der Waals surface area contributed by atoms with Gasteiger partial charge in [-0.1, -0.05) is 37.3 Å². The average molecular weight is 269 g/mol. The molecule has 0 amide bonds. The van der Waals surface area contributed by atoms with Gasteiger partial charge in [0.2, 0.25) is 0 Å². The standard InChI is InChI=1S/C17H23N3/c1-3-16(18)17-10-9-15(13-19-17)20(2)12-11-14-7-5-4-6-8-14/h4-10,13,16H,3,11-12,18H2,1-2H3/t16-/m1/s1. The number of pyridine rings is 1. The van der Waals surface area contributed by atoms with E-state index in [0.717, 1.165) is 30.8 Å². The van der Waals surface area contributed by atoms with Gasteiger partial charge in [-0.3, -0.25) is 4.98 Å². The fourth-order valence-electron chi connectivity index (χ4n) is 2.12. The summed E-state index contributed by atoms with van der Waals surface area (Å²) in [5, 5.41) is 0. The molecule has 1 atom stereocenters. The smallest absolute Gasteiger partial charge is 0.0572 e. The van der Waals surface area contributed by atoms with Crippen molar-refractivity contribution in [3.05, 3.63) is 59.9 Å². The molecular formula is C17H23N3. The Labute approximate surface area is 121 Å². The monoisotopic (exact) mass is 269 g/mol. The lowest BCUT2D eigenvalue weighted by molar-refractivity contribution is 0.675. The van der Waals surface area contributed by atoms with E-state index in [4.69, 9.17) is 5.73 Å². The van der Waals surface area contributed by atoms with E-state index in [1.54, 1.807) is 0 Å². The average Bonchev–Trinajstić information content (AvgIpc) is 2.53. The third-order valence-corrected chi connectivity index (χ3v) is 3.61. The van der Waals surface area contributed by atoms with E-state index < -0.39 is 0 Å². The molecule has 1 aromatic carbocycles. The summed E-state index contributed by atoms with van der Waals surface area (Å²) in [6, 6.07) is 14.7. The highest BCUT2D eigenvalue weighted by atomic mass is 15.1. The molecule has 0 aliphatic heterocycles. The van der Waals surface area contributed by atoms with E-state index in [-0.39, 0.29) is 6.04 Å². The summed E-state index contributed by atoms with van der Waals surface area (Å²) in [4.78, 5) is 6.68. The van der Waals surface area contributed by atoms with Crippen LogP contribution in [-0.2, 0) is 6.42 Å². The summed E-state index contributed by atoms with van der Waals surface area (Å²) < 4.78 is 0. The van der Waals surface area contributed by atoms with Gasteiger partial charge in [0, 0.05) is 19.6 Å². The largest absolute Gasteiger partial charge is 0.373 e. The molecule has 2 rings (SSSR count). The Hall–Kier alpha value is -1.87. The van der Waals surface area contributed by atoms with E-state index in [2.05, 4.69) is 54.2 Å². The summed E-state index contributed by atoms with van der Waals surface area (Å²) in [7, 11) is 2.10. The van der Waals surface area contributed by atoms with Crippen molar-refractivity contribution >= 4 is 5.69 Å². The minimum Gasteiger partial charge on any atom is -0.373 e. The predicted molar refractivity (Wildman–Crippen MR) is 84.9 cm³/mol. The van der Waals surface area contributed by atoms with Crippen molar-refractivity contribution in [3.8, 4) is 0 Å². The number of aromatic nitrogens is 1. The number of nitrogens with zero attached hydrogens (tertiary/aromatic N) is 2. The molecule has 0 saturated heterocycles. The quantitative estimate of drug-likeness (QED) is 0.876. The normalized spacial score (nSPS) is 12.2. The fraction of sp³-hybridized carbons (Fsp3) is 0.353. The second kappa shape index (κ2) is 7.06. The first-order valence-corrected chi connectivity index (χ1v) is 7.17. The van der Waals surface area contributed by atoms with Crippen molar-refractivity contribution in [1.29, 1.82) is 0 Å². The number of nitrogens with two attached hydrogens (primary N) is 1. The molecule has 3 heteroatoms. The lowest BCUT2D eigenvalue weighted by Gasteiger charge is -2.19. The Morgan fingerprint density at radius 3 is 2.50 bits per heavy atom. The van der Waals surface area contributed by atoms with Crippen LogP contribution in [0.25, 0.3) is 0 Å². The Bertz CT molecular complexity index is 508. The highest BCUT2D eigenvalue weighted by molar-refractivity contribution is 5.44. The fourth-order valence-corrected chi connectivity index (χ4v) is 2.12. The van der Waals surface area contributed by atoms with Crippen molar-refractivity contribution in [2.75, 3.05) is 18.5 Å². The summed E-state index contributed by atoms with van der Waals surface area (Å²) in [6.45, 7) is 3.05. The second-order valence-electron chi connectivity index (χ2n) is 5.11. The van der Waals surface area contributed by atoms with E-state index in [1.165, 1.54) is 5.56 Å². The second-order valence-corrected chi connectivity index (χ2v) is 5.11. The molecule has 0 aliphatic carbocycles. The number of hydrogen-bond acceptors (Lipinski definition) is 3. The van der Waals surface area contributed by atoms with Gasteiger partial charge in [-0.15, -0.1) is 0 Å². The topological polar surface area (TPSA) is 42.1 Å². The molecular weight excluding hydrogens is 246 g/mol. The van der Waals surface area contributed by atoms with Crippen molar-refractivity contribution in [2.24, 2.45) is 5.73 Å². The van der Waals surface area contributed by atoms with Crippen LogP contribution in [0.1, 0.15) is 30.6 Å². The van der Waals surface area contributed by atoms with Crippen LogP contribution in [0.2, 0.25) is 0 Å². The summed E-state index contributed by atoms with van der Waals surface area (Å²) in [6.07, 6.45) is 3.86. The minimum atomic E-state index is 0.0404. The SMILES string of the molecule is CC[C@@H](N)c1ccc(N(C)CCc2ccccc2)cn1. The van der Waals surface area contributed by atoms with Crippen LogP contribution in [-0.4, -0.2) is 18.6 Å². The molecule has 0 radical (unpaired) electrons. The van der Waals surface area contributed by atoms with Crippen molar-refractivity contribution in [1.82, 2.24) is 4.98 Å². The molecule has 3 nitrogen and oxygen atoms in total. The van der Waals surface area contributed by atoms with Gasteiger partial charge in [-0.2, -0.15) is 0 Å². The van der Waals surface area contributed by atoms with E-state index in [0.29, 0.717) is 0 Å². The Balaban J connectivity index is 1.94. The van der Waals surface area contributed by atoms with Crippen LogP contribution in [0.15, 0.2) is 48.7 Å². The molecule has 0 aliphatic rings. The Morgan fingerprint density at radius 1 is 1.15 bits per heavy atom. The number of likely N-dealkylation sites (N-methyl/N-ethyl adjacent to an activating group) is 1. The van der Waals surface area contributed by atoms with Gasteiger partial charge in [0.1, 0.15) is 0 Å². The molecule has 0 bridgehead atoms. The number of benzene rings is 1. The maximum atomic E-state index is 5.98. The van der Waals surface area contributed by atoms with Gasteiger partial charge in [0.05, 0.1) is 17.6 Å². The zero-order valence-electron chi connectivity index (χ0n) is 12.3. The third-order valence-electron chi connectivity index (χ3n) is 3.61. The van der Waals surface area contributed by atoms with Gasteiger partial charge >= 0.3 is 0 Å². The van der Waals surface area contributed by atoms with Crippen molar-refractivity contribution in [2.45, 2.75) is 25.8 Å². The van der Waals surface area contributed by atoms with Gasteiger partial charge in [-0.25, -0.2) is 0 Å². The van der Waals surface area contributed by atoms with Crippen LogP contribution in [0.4, 0.5) is 5.69 Å². The predicted octanol–water partition coefficient (Wildman–Crippen LogP) is 3.17. The molecule has 1 heterocycles. The van der Waals surface area contributed by atoms with Crippen LogP contribution in [0, 0.1) is 0 Å². The van der Waals surface area contributed by atoms with E-state index >= 15 is 0 Å². The molecule has 2 N–H and O–H groups in total. The zero-order valence-corrected chi connectivity index (χ0v) is 12.3. The molecule has 0 saturated carbocycles. The first-order valence-electron chi connectivity index (χ1n) is 7.17. The molecule has 20 heavy (non-hydrogen) atoms. The van der Waals surface area contributed by atoms with Crippen LogP contribution in [0.5, 0.6) is 0 Å². The first kappa shape index (κ1) is 14.5. The molecule has 0 spiro atoms. The molecule has 0 unspecified atom stereocenters. The highest BCUT2D eigenvalue weighted by Crippen LogP contribution is 2.16. The summed E-state index contributed by atoms with van der Waals surface area (Å²) >= 11 is 0. The first-order chi connectivity index (χ1) is 9.70. The van der Waals surface area contributed by atoms with Crippen molar-refractivity contribution in [3.63, 3.8) is 0 Å². The van der Waals surface area contributed by atoms with Crippen LogP contribution in [0.3, 0.4) is 0 Å². The molecule has 2 aromatic rings. The van der Waals surface area contributed by atoms with E-state index in [9.17, 15) is 0 Å². The highest BCUT2D eigenvalue weighted by Gasteiger charge is 2.06. The maximum absolute atomic E-state index is 5.98. The minimum absolute atomic E-state index is 0.0404. The van der Waals surface area contributed by atoms with Gasteiger partial charge < -0.3 is 10.6 Å². The van der Waals surface area contributed by atoms with Gasteiger partial charge in [-0.05, 0) is 30.5 Å². The molecule has 1 aromatic heterocycles. The van der Waals surface area contributed by atoms with Gasteiger partial charge in [0.15, 0.2) is 0 Å². The van der Waals surface area contributed by atoms with E-state index in [1.807, 2.05) is 18.3 Å². The Morgan fingerprint density at radius 2 is 1.90 bits per heavy atom. The van der Waals surface area contributed by atoms with Crippen molar-refractivity contribution < 1.29 is 0 Å². The lowest BCUT2D eigenvalue weighted by Crippen LogP contribution is -2.20. The zero-order chi connectivity index (χ0) is 14.4. The summed E-state index contributed by atoms with van der Waals surface area (Å²) in [5.41, 5.74) is 9.44. The van der Waals surface area contributed by atoms with Crippen LogP contribution >= 0.6 is 0 Å². The lowest BCUT2D eigenvalue weighted by atomic mass is 10.1. The number of hydrogen-bond donors (Lipinski definition) is 1. The van der Waals surface area contributed by atoms with Gasteiger partial charge in [0.25, 0.3) is 0 Å². The summed E-state index contributed by atoms with van der Waals surface area (Å²) in [5.74, 6) is 0. The number of rotatable bonds is 6.